The molecule has 1 fully saturated rings. The van der Waals surface area contributed by atoms with Gasteiger partial charge in [-0.2, -0.15) is 0 Å². The Morgan fingerprint density at radius 1 is 1.04 bits per heavy atom. The number of nitrogens with one attached hydrogen (secondary N) is 1. The second-order valence-electron chi connectivity index (χ2n) is 8.04. The van der Waals surface area contributed by atoms with E-state index in [4.69, 9.17) is 0 Å². The molecule has 6 heteroatoms. The lowest BCUT2D eigenvalue weighted by molar-refractivity contribution is 0.232. The van der Waals surface area contributed by atoms with E-state index in [0.717, 1.165) is 49.4 Å². The molecule has 1 saturated heterocycles. The van der Waals surface area contributed by atoms with Crippen LogP contribution >= 0.6 is 0 Å². The minimum atomic E-state index is -1.51. The molecule has 0 spiro atoms. The van der Waals surface area contributed by atoms with Gasteiger partial charge in [0.15, 0.2) is 0 Å². The highest BCUT2D eigenvalue weighted by atomic mass is 28.3. The summed E-state index contributed by atoms with van der Waals surface area (Å²) in [7, 11) is -2.97. The number of hydrogen-bond donors (Lipinski definition) is 3. The van der Waals surface area contributed by atoms with Crippen LogP contribution < -0.4 is 10.8 Å². The lowest BCUT2D eigenvalue weighted by Gasteiger charge is -2.30. The van der Waals surface area contributed by atoms with Crippen molar-refractivity contribution >= 4 is 20.7 Å². The highest BCUT2D eigenvalue weighted by Gasteiger charge is 2.25. The highest BCUT2D eigenvalue weighted by Crippen LogP contribution is 2.22. The molecule has 25 heavy (non-hydrogen) atoms. The first-order chi connectivity index (χ1) is 11.6. The van der Waals surface area contributed by atoms with Crippen LogP contribution in [0.1, 0.15) is 27.8 Å². The van der Waals surface area contributed by atoms with Gasteiger partial charge < -0.3 is 15.4 Å². The molecular weight excluding hydrogens is 327 g/mol. The molecule has 0 aromatic heterocycles. The van der Waals surface area contributed by atoms with Gasteiger partial charge in [0.1, 0.15) is 8.07 Å². The Morgan fingerprint density at radius 3 is 2.16 bits per heavy atom. The second kappa shape index (κ2) is 8.07. The standard InChI is InChI=1S/C19H31BN2O2Si/c1-14-17(7-12-25(4,5)6)15(2)19(20(23)24)16(3)18(14)13-22-10-8-21-9-11-22/h21,23-24H,8-11,13H2,1-6H3. The third-order valence-corrected chi connectivity index (χ3v) is 5.75. The van der Waals surface area contributed by atoms with Crippen molar-refractivity contribution in [3.8, 4) is 11.5 Å². The predicted octanol–water partition coefficient (Wildman–Crippen LogP) is 0.926. The van der Waals surface area contributed by atoms with Crippen LogP contribution in [0.25, 0.3) is 0 Å². The van der Waals surface area contributed by atoms with Crippen LogP contribution in [0.2, 0.25) is 19.6 Å². The molecule has 2 rings (SSSR count). The highest BCUT2D eigenvalue weighted by molar-refractivity contribution is 6.83. The molecule has 1 aromatic rings. The Labute approximate surface area is 153 Å². The van der Waals surface area contributed by atoms with E-state index in [9.17, 15) is 10.0 Å². The van der Waals surface area contributed by atoms with Crippen molar-refractivity contribution in [1.82, 2.24) is 10.2 Å². The Morgan fingerprint density at radius 2 is 1.64 bits per heavy atom. The van der Waals surface area contributed by atoms with Crippen LogP contribution in [-0.2, 0) is 6.54 Å². The molecule has 136 valence electrons. The average molecular weight is 358 g/mol. The van der Waals surface area contributed by atoms with Crippen LogP contribution in [0.5, 0.6) is 0 Å². The van der Waals surface area contributed by atoms with Gasteiger partial charge in [0, 0.05) is 38.3 Å². The summed E-state index contributed by atoms with van der Waals surface area (Å²) in [5, 5.41) is 23.3. The topological polar surface area (TPSA) is 55.7 Å². The normalized spacial score (nSPS) is 15.7. The van der Waals surface area contributed by atoms with Crippen molar-refractivity contribution in [2.75, 3.05) is 26.2 Å². The molecule has 1 aliphatic rings. The second-order valence-corrected chi connectivity index (χ2v) is 12.8. The van der Waals surface area contributed by atoms with Gasteiger partial charge in [0.05, 0.1) is 0 Å². The first-order valence-electron chi connectivity index (χ1n) is 9.06. The molecule has 0 atom stereocenters. The summed E-state index contributed by atoms with van der Waals surface area (Å²) in [5.41, 5.74) is 9.30. The number of benzene rings is 1. The number of hydrogen-bond acceptors (Lipinski definition) is 4. The molecule has 4 nitrogen and oxygen atoms in total. The molecule has 0 radical (unpaired) electrons. The van der Waals surface area contributed by atoms with Gasteiger partial charge >= 0.3 is 7.12 Å². The molecule has 1 aliphatic heterocycles. The fourth-order valence-corrected chi connectivity index (χ4v) is 3.95. The smallest absolute Gasteiger partial charge is 0.423 e. The first kappa shape index (κ1) is 20.2. The maximum Gasteiger partial charge on any atom is 0.489 e. The summed E-state index contributed by atoms with van der Waals surface area (Å²) >= 11 is 0. The Hall–Kier alpha value is -1.10. The van der Waals surface area contributed by atoms with Crippen molar-refractivity contribution in [2.45, 2.75) is 47.0 Å². The number of nitrogens with zero attached hydrogens (tertiary/aromatic N) is 1. The molecule has 3 N–H and O–H groups in total. The monoisotopic (exact) mass is 358 g/mol. The van der Waals surface area contributed by atoms with E-state index in [2.05, 4.69) is 48.2 Å². The molecule has 0 unspecified atom stereocenters. The molecule has 1 aromatic carbocycles. The fourth-order valence-electron chi connectivity index (χ4n) is 3.45. The van der Waals surface area contributed by atoms with Gasteiger partial charge in [-0.3, -0.25) is 4.90 Å². The molecule has 1 heterocycles. The minimum Gasteiger partial charge on any atom is -0.423 e. The van der Waals surface area contributed by atoms with E-state index >= 15 is 0 Å². The number of rotatable bonds is 3. The van der Waals surface area contributed by atoms with Crippen LogP contribution in [0, 0.1) is 32.2 Å². The average Bonchev–Trinajstić information content (AvgIpc) is 2.51. The number of piperazine rings is 1. The predicted molar refractivity (Wildman–Crippen MR) is 109 cm³/mol. The molecule has 0 aliphatic carbocycles. The summed E-state index contributed by atoms with van der Waals surface area (Å²) in [6.07, 6.45) is 0. The zero-order valence-corrected chi connectivity index (χ0v) is 17.5. The maximum absolute atomic E-state index is 9.95. The van der Waals surface area contributed by atoms with E-state index < -0.39 is 15.2 Å². The van der Waals surface area contributed by atoms with Crippen molar-refractivity contribution < 1.29 is 10.0 Å². The van der Waals surface area contributed by atoms with Gasteiger partial charge in [-0.15, -0.1) is 5.54 Å². The van der Waals surface area contributed by atoms with E-state index in [1.165, 1.54) is 11.1 Å². The summed E-state index contributed by atoms with van der Waals surface area (Å²) in [5.74, 6) is 3.38. The summed E-state index contributed by atoms with van der Waals surface area (Å²) in [4.78, 5) is 2.42. The van der Waals surface area contributed by atoms with Gasteiger partial charge in [0.2, 0.25) is 0 Å². The summed E-state index contributed by atoms with van der Waals surface area (Å²) < 4.78 is 0. The summed E-state index contributed by atoms with van der Waals surface area (Å²) in [6.45, 7) is 17.6. The Kier molecular flexibility index (Phi) is 6.52. The first-order valence-corrected chi connectivity index (χ1v) is 12.6. The molecule has 0 bridgehead atoms. The maximum atomic E-state index is 9.95. The van der Waals surface area contributed by atoms with Gasteiger partial charge in [0.25, 0.3) is 0 Å². The lowest BCUT2D eigenvalue weighted by atomic mass is 9.70. The quantitative estimate of drug-likeness (QED) is 0.556. The summed E-state index contributed by atoms with van der Waals surface area (Å²) in [6, 6.07) is 0. The largest absolute Gasteiger partial charge is 0.489 e. The van der Waals surface area contributed by atoms with Gasteiger partial charge in [-0.1, -0.05) is 25.6 Å². The SMILES string of the molecule is Cc1c(C#C[Si](C)(C)C)c(C)c(B(O)O)c(C)c1CN1CCNCC1. The third kappa shape index (κ3) is 4.96. The Bertz CT molecular complexity index is 696. The zero-order chi connectivity index (χ0) is 18.8. The van der Waals surface area contributed by atoms with Crippen LogP contribution in [0.15, 0.2) is 0 Å². The fraction of sp³-hybridized carbons (Fsp3) is 0.579. The molecule has 0 saturated carbocycles. The van der Waals surface area contributed by atoms with Crippen LogP contribution in [0.4, 0.5) is 0 Å². The van der Waals surface area contributed by atoms with E-state index in [1.54, 1.807) is 0 Å². The van der Waals surface area contributed by atoms with E-state index in [-0.39, 0.29) is 0 Å². The van der Waals surface area contributed by atoms with Crippen LogP contribution in [-0.4, -0.2) is 56.3 Å². The Balaban J connectivity index is 2.56. The van der Waals surface area contributed by atoms with Crippen molar-refractivity contribution in [2.24, 2.45) is 0 Å². The minimum absolute atomic E-state index is 0.621. The van der Waals surface area contributed by atoms with Gasteiger partial charge in [-0.05, 0) is 48.5 Å². The van der Waals surface area contributed by atoms with Crippen LogP contribution in [0.3, 0.4) is 0 Å². The van der Waals surface area contributed by atoms with Crippen molar-refractivity contribution in [3.05, 3.63) is 27.8 Å². The third-order valence-electron chi connectivity index (χ3n) is 4.88. The zero-order valence-electron chi connectivity index (χ0n) is 16.5. The van der Waals surface area contributed by atoms with Gasteiger partial charge in [-0.25, -0.2) is 0 Å². The van der Waals surface area contributed by atoms with E-state index in [0.29, 0.717) is 5.46 Å². The molecule has 0 amide bonds. The van der Waals surface area contributed by atoms with Crippen molar-refractivity contribution in [3.63, 3.8) is 0 Å². The molecular formula is C19H31BN2O2Si. The lowest BCUT2D eigenvalue weighted by Crippen LogP contribution is -2.44. The van der Waals surface area contributed by atoms with E-state index in [1.807, 2.05) is 13.8 Å². The van der Waals surface area contributed by atoms with Crippen molar-refractivity contribution in [1.29, 1.82) is 0 Å².